The Morgan fingerprint density at radius 3 is 1.62 bits per heavy atom. The van der Waals surface area contributed by atoms with Crippen LogP contribution >= 0.6 is 0 Å². The highest BCUT2D eigenvalue weighted by Gasteiger charge is 2.32. The lowest BCUT2D eigenvalue weighted by molar-refractivity contribution is -0.118. The summed E-state index contributed by atoms with van der Waals surface area (Å²) in [7, 11) is 0. The Balaban J connectivity index is 4.34. The molecule has 2 heteroatoms. The van der Waals surface area contributed by atoms with Crippen LogP contribution < -0.4 is 5.73 Å². The molecule has 1 atom stereocenters. The number of ether oxygens (including phenoxy) is 1. The minimum absolute atomic E-state index is 0.163. The van der Waals surface area contributed by atoms with Gasteiger partial charge in [0.2, 0.25) is 0 Å². The molecular formula is C11H25NO. The lowest BCUT2D eigenvalue weighted by Gasteiger charge is -2.39. The van der Waals surface area contributed by atoms with Crippen LogP contribution in [0.15, 0.2) is 0 Å². The van der Waals surface area contributed by atoms with Gasteiger partial charge in [-0.2, -0.15) is 0 Å². The van der Waals surface area contributed by atoms with Crippen LogP contribution in [0, 0.1) is 11.3 Å². The maximum Gasteiger partial charge on any atom is 0.111 e. The summed E-state index contributed by atoms with van der Waals surface area (Å²) in [5, 5.41) is 0. The molecule has 1 unspecified atom stereocenters. The molecule has 0 saturated carbocycles. The molecule has 0 saturated heterocycles. The molecule has 0 aliphatic carbocycles. The molecule has 0 amide bonds. The Bertz CT molecular complexity index is 156. The van der Waals surface area contributed by atoms with Gasteiger partial charge in [0.15, 0.2) is 0 Å². The van der Waals surface area contributed by atoms with E-state index in [0.29, 0.717) is 5.92 Å². The highest BCUT2D eigenvalue weighted by Crippen LogP contribution is 2.33. The van der Waals surface area contributed by atoms with E-state index in [2.05, 4.69) is 34.6 Å². The van der Waals surface area contributed by atoms with Crippen molar-refractivity contribution < 1.29 is 4.74 Å². The molecule has 13 heavy (non-hydrogen) atoms. The number of hydrogen-bond donors (Lipinski definition) is 1. The molecule has 2 nitrogen and oxygen atoms in total. The quantitative estimate of drug-likeness (QED) is 0.687. The fourth-order valence-corrected chi connectivity index (χ4v) is 1.08. The summed E-state index contributed by atoms with van der Waals surface area (Å²) >= 11 is 0. The number of hydrogen-bond acceptors (Lipinski definition) is 2. The Kier molecular flexibility index (Phi) is 3.95. The van der Waals surface area contributed by atoms with Gasteiger partial charge in [-0.25, -0.2) is 0 Å². The fourth-order valence-electron chi connectivity index (χ4n) is 1.08. The summed E-state index contributed by atoms with van der Waals surface area (Å²) in [6, 6.07) is 0. The minimum atomic E-state index is -0.536. The summed E-state index contributed by atoms with van der Waals surface area (Å²) in [6.45, 7) is 14.7. The van der Waals surface area contributed by atoms with Crippen LogP contribution in [-0.4, -0.2) is 11.8 Å². The van der Waals surface area contributed by atoms with Crippen LogP contribution in [0.2, 0.25) is 0 Å². The molecule has 2 N–H and O–H groups in total. The summed E-state index contributed by atoms with van der Waals surface area (Å²) in [5.41, 5.74) is 5.44. The van der Waals surface area contributed by atoms with Crippen LogP contribution in [0.5, 0.6) is 0 Å². The first kappa shape index (κ1) is 12.9. The molecule has 0 radical (unpaired) electrons. The van der Waals surface area contributed by atoms with E-state index in [0.717, 1.165) is 0 Å². The van der Waals surface area contributed by atoms with E-state index in [9.17, 15) is 0 Å². The molecule has 0 bridgehead atoms. The molecule has 0 rings (SSSR count). The lowest BCUT2D eigenvalue weighted by Crippen LogP contribution is -2.45. The van der Waals surface area contributed by atoms with Crippen molar-refractivity contribution in [1.82, 2.24) is 0 Å². The van der Waals surface area contributed by atoms with Crippen molar-refractivity contribution >= 4 is 0 Å². The Morgan fingerprint density at radius 2 is 1.38 bits per heavy atom. The summed E-state index contributed by atoms with van der Waals surface area (Å²) in [5.74, 6) is 0.588. The molecule has 0 aromatic heterocycles. The van der Waals surface area contributed by atoms with Gasteiger partial charge in [0.25, 0.3) is 0 Å². The lowest BCUT2D eigenvalue weighted by atomic mass is 9.77. The van der Waals surface area contributed by atoms with Gasteiger partial charge >= 0.3 is 0 Å². The Labute approximate surface area is 82.8 Å². The third-order valence-electron chi connectivity index (χ3n) is 3.02. The van der Waals surface area contributed by atoms with Crippen molar-refractivity contribution in [2.45, 2.75) is 60.3 Å². The average Bonchev–Trinajstić information content (AvgIpc) is 1.82. The molecule has 0 aliphatic rings. The zero-order valence-corrected chi connectivity index (χ0v) is 10.1. The maximum atomic E-state index is 5.81. The molecule has 0 spiro atoms. The molecule has 0 heterocycles. The standard InChI is InChI=1S/C11H25NO/c1-8(2)10(4,5)9(3)13-11(6,7)12/h8-9H,12H2,1-7H3. The van der Waals surface area contributed by atoms with Gasteiger partial charge in [0.1, 0.15) is 5.72 Å². The van der Waals surface area contributed by atoms with Gasteiger partial charge in [0, 0.05) is 0 Å². The van der Waals surface area contributed by atoms with Crippen molar-refractivity contribution in [2.75, 3.05) is 0 Å². The second-order valence-electron chi connectivity index (χ2n) is 5.34. The molecule has 80 valence electrons. The maximum absolute atomic E-state index is 5.81. The van der Waals surface area contributed by atoms with Crippen molar-refractivity contribution in [3.63, 3.8) is 0 Å². The largest absolute Gasteiger partial charge is 0.358 e. The second-order valence-corrected chi connectivity index (χ2v) is 5.34. The van der Waals surface area contributed by atoms with E-state index < -0.39 is 5.72 Å². The van der Waals surface area contributed by atoms with E-state index >= 15 is 0 Å². The van der Waals surface area contributed by atoms with E-state index in [1.54, 1.807) is 0 Å². The topological polar surface area (TPSA) is 35.2 Å². The predicted octanol–water partition coefficient (Wildman–Crippen LogP) is 2.77. The van der Waals surface area contributed by atoms with Crippen molar-refractivity contribution in [2.24, 2.45) is 17.1 Å². The van der Waals surface area contributed by atoms with Gasteiger partial charge in [-0.15, -0.1) is 0 Å². The fraction of sp³-hybridized carbons (Fsp3) is 1.00. The molecular weight excluding hydrogens is 162 g/mol. The summed E-state index contributed by atoms with van der Waals surface area (Å²) < 4.78 is 5.74. The minimum Gasteiger partial charge on any atom is -0.358 e. The van der Waals surface area contributed by atoms with Crippen LogP contribution in [0.3, 0.4) is 0 Å². The van der Waals surface area contributed by atoms with E-state index in [4.69, 9.17) is 10.5 Å². The molecule has 0 aromatic carbocycles. The van der Waals surface area contributed by atoms with Crippen LogP contribution in [-0.2, 0) is 4.74 Å². The molecule has 0 aliphatic heterocycles. The normalized spacial score (nSPS) is 16.4. The van der Waals surface area contributed by atoms with Gasteiger partial charge < -0.3 is 10.5 Å². The van der Waals surface area contributed by atoms with Crippen molar-refractivity contribution in [3.05, 3.63) is 0 Å². The highest BCUT2D eigenvalue weighted by molar-refractivity contribution is 4.80. The average molecular weight is 187 g/mol. The Hall–Kier alpha value is -0.0800. The van der Waals surface area contributed by atoms with E-state index in [1.807, 2.05) is 13.8 Å². The number of rotatable bonds is 4. The zero-order valence-electron chi connectivity index (χ0n) is 10.1. The Morgan fingerprint density at radius 1 is 1.00 bits per heavy atom. The molecule has 0 fully saturated rings. The van der Waals surface area contributed by atoms with Crippen molar-refractivity contribution in [1.29, 1.82) is 0 Å². The first-order valence-electron chi connectivity index (χ1n) is 5.04. The van der Waals surface area contributed by atoms with Gasteiger partial charge in [-0.1, -0.05) is 27.7 Å². The molecule has 0 aromatic rings. The second kappa shape index (κ2) is 3.97. The smallest absolute Gasteiger partial charge is 0.111 e. The zero-order chi connectivity index (χ0) is 10.9. The van der Waals surface area contributed by atoms with Crippen LogP contribution in [0.4, 0.5) is 0 Å². The van der Waals surface area contributed by atoms with E-state index in [-0.39, 0.29) is 11.5 Å². The SMILES string of the molecule is CC(C)C(C)(C)C(C)OC(C)(C)N. The van der Waals surface area contributed by atoms with Gasteiger partial charge in [0.05, 0.1) is 6.10 Å². The number of nitrogens with two attached hydrogens (primary N) is 1. The van der Waals surface area contributed by atoms with Gasteiger partial charge in [-0.3, -0.25) is 0 Å². The first-order chi connectivity index (χ1) is 5.57. The van der Waals surface area contributed by atoms with Crippen LogP contribution in [0.25, 0.3) is 0 Å². The third kappa shape index (κ3) is 4.10. The predicted molar refractivity (Wildman–Crippen MR) is 57.4 cm³/mol. The summed E-state index contributed by atoms with van der Waals surface area (Å²) in [6.07, 6.45) is 0.174. The monoisotopic (exact) mass is 187 g/mol. The van der Waals surface area contributed by atoms with Crippen molar-refractivity contribution in [3.8, 4) is 0 Å². The van der Waals surface area contributed by atoms with Gasteiger partial charge in [-0.05, 0) is 32.1 Å². The summed E-state index contributed by atoms with van der Waals surface area (Å²) in [4.78, 5) is 0. The first-order valence-corrected chi connectivity index (χ1v) is 5.04. The highest BCUT2D eigenvalue weighted by atomic mass is 16.5. The van der Waals surface area contributed by atoms with Crippen LogP contribution in [0.1, 0.15) is 48.5 Å². The third-order valence-corrected chi connectivity index (χ3v) is 3.02. The van der Waals surface area contributed by atoms with E-state index in [1.165, 1.54) is 0 Å².